The fourth-order valence-electron chi connectivity index (χ4n) is 8.62. The summed E-state index contributed by atoms with van der Waals surface area (Å²) < 4.78 is 0. The van der Waals surface area contributed by atoms with Crippen LogP contribution in [0.15, 0.2) is 170 Å². The van der Waals surface area contributed by atoms with Crippen molar-refractivity contribution in [1.29, 1.82) is 0 Å². The standard InChI is InChI=1S/C52H43N/c1-34-24-27-45-47(30-34)52(4,5)48-33-50(43-22-14-15-23-44(43)51(45)48)53(40-26-28-42(36(3)31-40)41-21-13-12-16-35(41)2)49-29-25-39(37-17-8-6-9-18-37)32-46(49)38-19-10-7-11-20-38/h6-33H,1-5H3. The van der Waals surface area contributed by atoms with Gasteiger partial charge < -0.3 is 4.90 Å². The molecule has 1 nitrogen and oxygen atoms in total. The molecular weight excluding hydrogens is 639 g/mol. The van der Waals surface area contributed by atoms with E-state index in [1.807, 2.05) is 0 Å². The first-order chi connectivity index (χ1) is 25.8. The van der Waals surface area contributed by atoms with Crippen molar-refractivity contribution >= 4 is 27.8 Å². The monoisotopic (exact) mass is 681 g/mol. The van der Waals surface area contributed by atoms with Crippen LogP contribution < -0.4 is 4.90 Å². The van der Waals surface area contributed by atoms with E-state index in [0.29, 0.717) is 0 Å². The number of nitrogens with zero attached hydrogens (tertiary/aromatic N) is 1. The predicted octanol–water partition coefficient (Wildman–Crippen LogP) is 14.5. The van der Waals surface area contributed by atoms with Gasteiger partial charge in [-0.05, 0) is 118 Å². The van der Waals surface area contributed by atoms with Crippen molar-refractivity contribution in [2.75, 3.05) is 4.90 Å². The van der Waals surface area contributed by atoms with Gasteiger partial charge in [-0.15, -0.1) is 0 Å². The Morgan fingerprint density at radius 2 is 1.04 bits per heavy atom. The maximum Gasteiger partial charge on any atom is 0.0543 e. The lowest BCUT2D eigenvalue weighted by Gasteiger charge is -2.32. The molecule has 8 aromatic carbocycles. The molecule has 256 valence electrons. The van der Waals surface area contributed by atoms with Crippen LogP contribution >= 0.6 is 0 Å². The van der Waals surface area contributed by atoms with Crippen molar-refractivity contribution < 1.29 is 0 Å². The number of aryl methyl sites for hydroxylation is 3. The van der Waals surface area contributed by atoms with Gasteiger partial charge in [0.15, 0.2) is 0 Å². The SMILES string of the molecule is Cc1ccc2c(c1)C(C)(C)c1cc(N(c3ccc(-c4ccccc4C)c(C)c3)c3ccc(-c4ccccc4)cc3-c3ccccc3)c3ccccc3c1-2. The van der Waals surface area contributed by atoms with Crippen LogP contribution in [0.5, 0.6) is 0 Å². The minimum atomic E-state index is -0.162. The topological polar surface area (TPSA) is 3.24 Å². The number of benzene rings is 8. The molecule has 0 fully saturated rings. The smallest absolute Gasteiger partial charge is 0.0543 e. The van der Waals surface area contributed by atoms with Crippen molar-refractivity contribution in [1.82, 2.24) is 0 Å². The van der Waals surface area contributed by atoms with E-state index in [1.165, 1.54) is 88.8 Å². The molecule has 0 spiro atoms. The zero-order valence-electron chi connectivity index (χ0n) is 31.1. The fraction of sp³-hybridized carbons (Fsp3) is 0.115. The maximum absolute atomic E-state index is 2.53. The van der Waals surface area contributed by atoms with Crippen LogP contribution in [0, 0.1) is 20.8 Å². The molecule has 1 aliphatic carbocycles. The highest BCUT2D eigenvalue weighted by molar-refractivity contribution is 6.10. The van der Waals surface area contributed by atoms with Gasteiger partial charge in [-0.1, -0.05) is 159 Å². The number of rotatable bonds is 6. The van der Waals surface area contributed by atoms with Gasteiger partial charge in [0, 0.05) is 22.1 Å². The molecule has 8 aromatic rings. The molecule has 0 aliphatic heterocycles. The third kappa shape index (κ3) is 5.47. The van der Waals surface area contributed by atoms with Crippen LogP contribution in [-0.2, 0) is 5.41 Å². The van der Waals surface area contributed by atoms with E-state index < -0.39 is 0 Å². The highest BCUT2D eigenvalue weighted by Gasteiger charge is 2.38. The predicted molar refractivity (Wildman–Crippen MR) is 227 cm³/mol. The van der Waals surface area contributed by atoms with E-state index in [0.717, 1.165) is 11.4 Å². The average molecular weight is 682 g/mol. The minimum absolute atomic E-state index is 0.162. The summed E-state index contributed by atoms with van der Waals surface area (Å²) in [5, 5.41) is 2.53. The van der Waals surface area contributed by atoms with E-state index in [2.05, 4.69) is 209 Å². The molecule has 9 rings (SSSR count). The summed E-state index contributed by atoms with van der Waals surface area (Å²) in [6, 6.07) is 62.8. The van der Waals surface area contributed by atoms with Crippen LogP contribution in [0.25, 0.3) is 55.3 Å². The second-order valence-electron chi connectivity index (χ2n) is 15.2. The highest BCUT2D eigenvalue weighted by Crippen LogP contribution is 2.55. The van der Waals surface area contributed by atoms with Gasteiger partial charge in [0.05, 0.1) is 11.4 Å². The minimum Gasteiger partial charge on any atom is -0.309 e. The molecule has 0 saturated carbocycles. The van der Waals surface area contributed by atoms with Gasteiger partial charge in [0.25, 0.3) is 0 Å². The average Bonchev–Trinajstić information content (AvgIpc) is 3.41. The first kappa shape index (κ1) is 32.7. The Morgan fingerprint density at radius 3 is 1.77 bits per heavy atom. The molecule has 0 bridgehead atoms. The molecule has 0 heterocycles. The zero-order chi connectivity index (χ0) is 36.3. The Kier molecular flexibility index (Phi) is 7.90. The van der Waals surface area contributed by atoms with Crippen molar-refractivity contribution in [2.45, 2.75) is 40.0 Å². The van der Waals surface area contributed by atoms with E-state index in [9.17, 15) is 0 Å². The molecule has 0 aromatic heterocycles. The van der Waals surface area contributed by atoms with Crippen LogP contribution in [0.4, 0.5) is 17.1 Å². The molecule has 0 radical (unpaired) electrons. The summed E-state index contributed by atoms with van der Waals surface area (Å²) in [5.74, 6) is 0. The Balaban J connectivity index is 1.35. The summed E-state index contributed by atoms with van der Waals surface area (Å²) in [6.07, 6.45) is 0. The van der Waals surface area contributed by atoms with Crippen molar-refractivity contribution in [3.05, 3.63) is 198 Å². The number of hydrogen-bond acceptors (Lipinski definition) is 1. The lowest BCUT2D eigenvalue weighted by Crippen LogP contribution is -2.17. The molecule has 1 aliphatic rings. The molecule has 0 N–H and O–H groups in total. The summed E-state index contributed by atoms with van der Waals surface area (Å²) in [5.41, 5.74) is 19.9. The maximum atomic E-state index is 2.53. The Hall–Kier alpha value is -6.18. The summed E-state index contributed by atoms with van der Waals surface area (Å²) in [6.45, 7) is 11.4. The van der Waals surface area contributed by atoms with Crippen LogP contribution in [0.3, 0.4) is 0 Å². The van der Waals surface area contributed by atoms with Gasteiger partial charge >= 0.3 is 0 Å². The van der Waals surface area contributed by atoms with Crippen molar-refractivity contribution in [3.8, 4) is 44.5 Å². The molecule has 0 saturated heterocycles. The number of anilines is 3. The van der Waals surface area contributed by atoms with E-state index >= 15 is 0 Å². The van der Waals surface area contributed by atoms with Gasteiger partial charge in [0.2, 0.25) is 0 Å². The molecule has 0 unspecified atom stereocenters. The first-order valence-electron chi connectivity index (χ1n) is 18.7. The Labute approximate surface area is 313 Å². The Morgan fingerprint density at radius 1 is 0.396 bits per heavy atom. The first-order valence-corrected chi connectivity index (χ1v) is 18.7. The van der Waals surface area contributed by atoms with Crippen LogP contribution in [0.2, 0.25) is 0 Å². The zero-order valence-corrected chi connectivity index (χ0v) is 31.1. The molecule has 0 atom stereocenters. The summed E-state index contributed by atoms with van der Waals surface area (Å²) in [4.78, 5) is 2.53. The number of hydrogen-bond donors (Lipinski definition) is 0. The normalized spacial score (nSPS) is 12.8. The molecule has 0 amide bonds. The third-order valence-electron chi connectivity index (χ3n) is 11.4. The van der Waals surface area contributed by atoms with Gasteiger partial charge in [-0.3, -0.25) is 0 Å². The van der Waals surface area contributed by atoms with Crippen LogP contribution in [0.1, 0.15) is 41.7 Å². The van der Waals surface area contributed by atoms with E-state index in [1.54, 1.807) is 0 Å². The van der Waals surface area contributed by atoms with Crippen molar-refractivity contribution in [3.63, 3.8) is 0 Å². The molecule has 1 heteroatoms. The lowest BCUT2D eigenvalue weighted by molar-refractivity contribution is 0.660. The molecular formula is C52H43N. The highest BCUT2D eigenvalue weighted by atomic mass is 15.1. The van der Waals surface area contributed by atoms with Crippen molar-refractivity contribution in [2.24, 2.45) is 0 Å². The fourth-order valence-corrected chi connectivity index (χ4v) is 8.62. The largest absolute Gasteiger partial charge is 0.309 e. The van der Waals surface area contributed by atoms with Gasteiger partial charge in [0.1, 0.15) is 0 Å². The lowest BCUT2D eigenvalue weighted by atomic mass is 9.81. The summed E-state index contributed by atoms with van der Waals surface area (Å²) in [7, 11) is 0. The van der Waals surface area contributed by atoms with Gasteiger partial charge in [-0.2, -0.15) is 0 Å². The van der Waals surface area contributed by atoms with Gasteiger partial charge in [-0.25, -0.2) is 0 Å². The third-order valence-corrected chi connectivity index (χ3v) is 11.4. The van der Waals surface area contributed by atoms with E-state index in [-0.39, 0.29) is 5.41 Å². The second-order valence-corrected chi connectivity index (χ2v) is 15.2. The number of fused-ring (bicyclic) bond motifs is 5. The second kappa shape index (κ2) is 12.8. The van der Waals surface area contributed by atoms with Crippen LogP contribution in [-0.4, -0.2) is 0 Å². The van der Waals surface area contributed by atoms with E-state index in [4.69, 9.17) is 0 Å². The quantitative estimate of drug-likeness (QED) is 0.169. The summed E-state index contributed by atoms with van der Waals surface area (Å²) >= 11 is 0. The molecule has 53 heavy (non-hydrogen) atoms. The Bertz CT molecular complexity index is 2660.